The van der Waals surface area contributed by atoms with Crippen molar-refractivity contribution in [1.82, 2.24) is 23.8 Å². The Labute approximate surface area is 136 Å². The normalized spacial score (nSPS) is 19.5. The summed E-state index contributed by atoms with van der Waals surface area (Å²) in [6, 6.07) is 5.89. The van der Waals surface area contributed by atoms with E-state index in [0.29, 0.717) is 19.0 Å². The van der Waals surface area contributed by atoms with Gasteiger partial charge in [-0.2, -0.15) is 22.1 Å². The van der Waals surface area contributed by atoms with Crippen LogP contribution in [0.4, 0.5) is 0 Å². The van der Waals surface area contributed by atoms with Crippen molar-refractivity contribution >= 4 is 10.2 Å². The summed E-state index contributed by atoms with van der Waals surface area (Å²) in [6.07, 6.45) is 5.29. The highest BCUT2D eigenvalue weighted by molar-refractivity contribution is 7.86. The summed E-state index contributed by atoms with van der Waals surface area (Å²) in [5, 5.41) is 6.81. The maximum Gasteiger partial charge on any atom is 0.281 e. The van der Waals surface area contributed by atoms with Crippen molar-refractivity contribution in [3.63, 3.8) is 0 Å². The van der Waals surface area contributed by atoms with Crippen molar-refractivity contribution in [3.05, 3.63) is 36.2 Å². The summed E-state index contributed by atoms with van der Waals surface area (Å²) in [5.74, 6) is 0.338. The molecule has 2 aromatic rings. The first-order chi connectivity index (χ1) is 11.0. The molecule has 1 fully saturated rings. The van der Waals surface area contributed by atoms with Gasteiger partial charge in [-0.3, -0.25) is 10.1 Å². The topological polar surface area (TPSA) is 82.2 Å². The van der Waals surface area contributed by atoms with Crippen LogP contribution >= 0.6 is 0 Å². The van der Waals surface area contributed by atoms with Crippen LogP contribution in [0.15, 0.2) is 30.6 Å². The lowest BCUT2D eigenvalue weighted by Crippen LogP contribution is -2.38. The first-order valence-electron chi connectivity index (χ1n) is 7.59. The van der Waals surface area contributed by atoms with Crippen LogP contribution in [-0.4, -0.2) is 59.4 Å². The highest BCUT2D eigenvalue weighted by Crippen LogP contribution is 2.24. The minimum Gasteiger partial charge on any atom is -0.276 e. The van der Waals surface area contributed by atoms with Crippen LogP contribution in [0, 0.1) is 5.92 Å². The van der Waals surface area contributed by atoms with E-state index in [0.717, 1.165) is 29.8 Å². The van der Waals surface area contributed by atoms with Gasteiger partial charge in [-0.1, -0.05) is 6.07 Å². The molecule has 2 aromatic heterocycles. The fraction of sp³-hybridized carbons (Fsp3) is 0.467. The molecule has 1 unspecified atom stereocenters. The van der Waals surface area contributed by atoms with Crippen LogP contribution in [0.2, 0.25) is 0 Å². The molecule has 0 aromatic carbocycles. The first-order valence-corrected chi connectivity index (χ1v) is 8.99. The summed E-state index contributed by atoms with van der Waals surface area (Å²) in [6.45, 7) is 1.16. The molecule has 0 saturated carbocycles. The number of hydrogen-bond donors (Lipinski definition) is 1. The van der Waals surface area contributed by atoms with Gasteiger partial charge in [0.05, 0.1) is 11.4 Å². The third-order valence-corrected chi connectivity index (χ3v) is 6.07. The van der Waals surface area contributed by atoms with Crippen molar-refractivity contribution < 1.29 is 8.42 Å². The second-order valence-electron chi connectivity index (χ2n) is 6.03. The summed E-state index contributed by atoms with van der Waals surface area (Å²) < 4.78 is 27.1. The third kappa shape index (κ3) is 3.44. The fourth-order valence-corrected chi connectivity index (χ4v) is 4.04. The van der Waals surface area contributed by atoms with E-state index < -0.39 is 10.2 Å². The van der Waals surface area contributed by atoms with E-state index in [4.69, 9.17) is 0 Å². The lowest BCUT2D eigenvalue weighted by molar-refractivity contribution is 0.409. The van der Waals surface area contributed by atoms with Gasteiger partial charge in [0.2, 0.25) is 0 Å². The van der Waals surface area contributed by atoms with Crippen LogP contribution in [0.25, 0.3) is 11.4 Å². The summed E-state index contributed by atoms with van der Waals surface area (Å²) in [7, 11) is -0.158. The Bertz CT molecular complexity index is 741. The smallest absolute Gasteiger partial charge is 0.276 e. The molecule has 1 aliphatic rings. The Morgan fingerprint density at radius 1 is 1.35 bits per heavy atom. The predicted molar refractivity (Wildman–Crippen MR) is 87.8 cm³/mol. The van der Waals surface area contributed by atoms with Gasteiger partial charge in [0.15, 0.2) is 0 Å². The van der Waals surface area contributed by atoms with E-state index in [1.807, 2.05) is 24.4 Å². The van der Waals surface area contributed by atoms with Crippen molar-refractivity contribution in [2.75, 3.05) is 27.2 Å². The molecule has 0 amide bonds. The van der Waals surface area contributed by atoms with Gasteiger partial charge in [-0.25, -0.2) is 0 Å². The van der Waals surface area contributed by atoms with Crippen molar-refractivity contribution in [2.24, 2.45) is 5.92 Å². The number of rotatable bonds is 5. The van der Waals surface area contributed by atoms with Gasteiger partial charge in [0.25, 0.3) is 10.2 Å². The summed E-state index contributed by atoms with van der Waals surface area (Å²) in [4.78, 5) is 4.45. The Kier molecular flexibility index (Phi) is 4.47. The monoisotopic (exact) mass is 335 g/mol. The largest absolute Gasteiger partial charge is 0.281 e. The molecule has 0 aliphatic carbocycles. The minimum atomic E-state index is -3.30. The zero-order valence-electron chi connectivity index (χ0n) is 13.3. The Morgan fingerprint density at radius 3 is 2.78 bits per heavy atom. The highest BCUT2D eigenvalue weighted by atomic mass is 32.2. The molecule has 0 radical (unpaired) electrons. The van der Waals surface area contributed by atoms with Crippen molar-refractivity contribution in [1.29, 1.82) is 0 Å². The van der Waals surface area contributed by atoms with E-state index in [-0.39, 0.29) is 0 Å². The van der Waals surface area contributed by atoms with Crippen molar-refractivity contribution in [2.45, 2.75) is 12.8 Å². The molecule has 1 saturated heterocycles. The number of H-pyrrole nitrogens is 1. The fourth-order valence-electron chi connectivity index (χ4n) is 2.84. The molecule has 124 valence electrons. The highest BCUT2D eigenvalue weighted by Gasteiger charge is 2.32. The van der Waals surface area contributed by atoms with Crippen LogP contribution in [-0.2, 0) is 16.6 Å². The molecule has 3 heterocycles. The number of nitrogens with zero attached hydrogens (tertiary/aromatic N) is 4. The SMILES string of the molecule is CN(C)S(=O)(=O)N1CCC(Cc2ccc(-c3ccn[nH]3)nc2)C1. The molecule has 1 atom stereocenters. The van der Waals surface area contributed by atoms with Crippen LogP contribution in [0.1, 0.15) is 12.0 Å². The first kappa shape index (κ1) is 16.1. The van der Waals surface area contributed by atoms with E-state index in [2.05, 4.69) is 15.2 Å². The maximum atomic E-state index is 12.1. The average molecular weight is 335 g/mol. The number of hydrogen-bond acceptors (Lipinski definition) is 4. The molecule has 23 heavy (non-hydrogen) atoms. The zero-order chi connectivity index (χ0) is 16.4. The third-order valence-electron chi connectivity index (χ3n) is 4.16. The van der Waals surface area contributed by atoms with Crippen LogP contribution in [0.5, 0.6) is 0 Å². The second-order valence-corrected chi connectivity index (χ2v) is 8.17. The Morgan fingerprint density at radius 2 is 2.17 bits per heavy atom. The number of pyridine rings is 1. The summed E-state index contributed by atoms with van der Waals surface area (Å²) >= 11 is 0. The van der Waals surface area contributed by atoms with Crippen LogP contribution in [0.3, 0.4) is 0 Å². The van der Waals surface area contributed by atoms with E-state index >= 15 is 0 Å². The quantitative estimate of drug-likeness (QED) is 0.888. The van der Waals surface area contributed by atoms with E-state index in [1.54, 1.807) is 24.6 Å². The lowest BCUT2D eigenvalue weighted by atomic mass is 10.00. The standard InChI is InChI=1S/C15H21N5O2S/c1-19(2)23(21,22)20-8-6-13(11-20)9-12-3-4-14(16-10-12)15-5-7-17-18-15/h3-5,7,10,13H,6,8-9,11H2,1-2H3,(H,17,18). The van der Waals surface area contributed by atoms with Gasteiger partial charge in [-0.15, -0.1) is 0 Å². The van der Waals surface area contributed by atoms with E-state index in [9.17, 15) is 8.42 Å². The summed E-state index contributed by atoms with van der Waals surface area (Å²) in [5.41, 5.74) is 2.87. The number of aromatic nitrogens is 3. The molecule has 0 spiro atoms. The Balaban J connectivity index is 1.63. The van der Waals surface area contributed by atoms with Crippen LogP contribution < -0.4 is 0 Å². The lowest BCUT2D eigenvalue weighted by Gasteiger charge is -2.20. The molecular weight excluding hydrogens is 314 g/mol. The number of aromatic amines is 1. The van der Waals surface area contributed by atoms with Crippen molar-refractivity contribution in [3.8, 4) is 11.4 Å². The molecule has 0 bridgehead atoms. The molecule has 7 nitrogen and oxygen atoms in total. The van der Waals surface area contributed by atoms with Gasteiger partial charge in [0.1, 0.15) is 0 Å². The molecule has 1 N–H and O–H groups in total. The average Bonchev–Trinajstić information content (AvgIpc) is 3.19. The van der Waals surface area contributed by atoms with E-state index in [1.165, 1.54) is 4.31 Å². The number of nitrogens with one attached hydrogen (secondary N) is 1. The Hall–Kier alpha value is -1.77. The van der Waals surface area contributed by atoms with Gasteiger partial charge >= 0.3 is 0 Å². The second kappa shape index (κ2) is 6.38. The predicted octanol–water partition coefficient (Wildman–Crippen LogP) is 1.14. The van der Waals surface area contributed by atoms with Gasteiger partial charge in [0, 0.05) is 39.6 Å². The molecule has 8 heteroatoms. The minimum absolute atomic E-state index is 0.338. The van der Waals surface area contributed by atoms with Gasteiger partial charge in [-0.05, 0) is 36.5 Å². The van der Waals surface area contributed by atoms with Gasteiger partial charge < -0.3 is 0 Å². The molecule has 3 rings (SSSR count). The maximum absolute atomic E-state index is 12.1. The molecular formula is C15H21N5O2S. The molecule has 1 aliphatic heterocycles. The zero-order valence-corrected chi connectivity index (χ0v) is 14.1.